The zero-order valence-electron chi connectivity index (χ0n) is 14.3. The van der Waals surface area contributed by atoms with Crippen molar-refractivity contribution in [3.05, 3.63) is 29.6 Å². The second-order valence-electron chi connectivity index (χ2n) is 6.03. The average Bonchev–Trinajstić information content (AvgIpc) is 2.67. The summed E-state index contributed by atoms with van der Waals surface area (Å²) in [5, 5.41) is 3.81. The van der Waals surface area contributed by atoms with Crippen LogP contribution in [0.4, 0.5) is 4.39 Å². The van der Waals surface area contributed by atoms with E-state index in [4.69, 9.17) is 4.74 Å². The molecular formula is C17H19FN4O4. The number of nitrogens with zero attached hydrogens (tertiary/aromatic N) is 3. The summed E-state index contributed by atoms with van der Waals surface area (Å²) in [5.41, 5.74) is 2.87. The van der Waals surface area contributed by atoms with Crippen LogP contribution in [0.5, 0.6) is 5.75 Å². The molecule has 9 heteroatoms. The number of rotatable bonds is 3. The van der Waals surface area contributed by atoms with Gasteiger partial charge in [0, 0.05) is 44.6 Å². The van der Waals surface area contributed by atoms with Gasteiger partial charge < -0.3 is 14.5 Å². The maximum Gasteiger partial charge on any atom is 0.270 e. The zero-order valence-corrected chi connectivity index (χ0v) is 14.3. The Morgan fingerprint density at radius 3 is 2.31 bits per heavy atom. The lowest BCUT2D eigenvalue weighted by molar-refractivity contribution is -0.126. The molecule has 1 aromatic carbocycles. The van der Waals surface area contributed by atoms with Crippen LogP contribution in [0, 0.1) is 5.82 Å². The Morgan fingerprint density at radius 1 is 1.12 bits per heavy atom. The maximum atomic E-state index is 13.8. The molecule has 138 valence electrons. The van der Waals surface area contributed by atoms with Gasteiger partial charge in [0.05, 0.1) is 7.11 Å². The monoisotopic (exact) mass is 362 g/mol. The predicted octanol–water partition coefficient (Wildman–Crippen LogP) is 0.385. The molecule has 0 atom stereocenters. The van der Waals surface area contributed by atoms with Gasteiger partial charge in [-0.2, -0.15) is 5.10 Å². The fourth-order valence-corrected chi connectivity index (χ4v) is 2.91. The molecule has 1 N–H and O–H groups in total. The summed E-state index contributed by atoms with van der Waals surface area (Å²) >= 11 is 0. The van der Waals surface area contributed by atoms with Crippen LogP contribution < -0.4 is 10.2 Å². The van der Waals surface area contributed by atoms with Crippen LogP contribution >= 0.6 is 0 Å². The molecular weight excluding hydrogens is 343 g/mol. The first-order chi connectivity index (χ1) is 12.5. The molecule has 2 heterocycles. The Kier molecular flexibility index (Phi) is 5.15. The van der Waals surface area contributed by atoms with Gasteiger partial charge in [-0.15, -0.1) is 0 Å². The first kappa shape index (κ1) is 17.8. The first-order valence-corrected chi connectivity index (χ1v) is 8.27. The molecule has 1 fully saturated rings. The van der Waals surface area contributed by atoms with Crippen LogP contribution in [0.3, 0.4) is 0 Å². The van der Waals surface area contributed by atoms with Crippen molar-refractivity contribution in [1.82, 2.24) is 15.2 Å². The number of amides is 3. The van der Waals surface area contributed by atoms with Gasteiger partial charge in [-0.05, 0) is 18.2 Å². The Morgan fingerprint density at radius 2 is 1.77 bits per heavy atom. The number of methoxy groups -OCH3 is 1. The van der Waals surface area contributed by atoms with Gasteiger partial charge in [-0.1, -0.05) is 0 Å². The van der Waals surface area contributed by atoms with Crippen molar-refractivity contribution in [3.8, 4) is 5.75 Å². The minimum Gasteiger partial charge on any atom is -0.494 e. The molecule has 2 aliphatic rings. The number of benzene rings is 1. The fourth-order valence-electron chi connectivity index (χ4n) is 2.91. The van der Waals surface area contributed by atoms with Gasteiger partial charge >= 0.3 is 0 Å². The number of carbonyl (C=O) groups excluding carboxylic acids is 3. The van der Waals surface area contributed by atoms with E-state index < -0.39 is 5.82 Å². The van der Waals surface area contributed by atoms with Crippen molar-refractivity contribution in [2.75, 3.05) is 33.3 Å². The van der Waals surface area contributed by atoms with Crippen molar-refractivity contribution in [3.63, 3.8) is 0 Å². The van der Waals surface area contributed by atoms with Crippen molar-refractivity contribution in [2.45, 2.75) is 12.8 Å². The van der Waals surface area contributed by atoms with E-state index in [1.165, 1.54) is 19.2 Å². The Labute approximate surface area is 149 Å². The molecule has 1 aromatic rings. The van der Waals surface area contributed by atoms with Crippen molar-refractivity contribution < 1.29 is 23.5 Å². The predicted molar refractivity (Wildman–Crippen MR) is 90.2 cm³/mol. The lowest BCUT2D eigenvalue weighted by Crippen LogP contribution is -2.52. The standard InChI is InChI=1S/C17H19FN4O4/c1-26-14-4-2-11(10-12(14)18)16(24)21-6-8-22(9-7-21)17(25)13-3-5-15(23)20-19-13/h2,4,10H,3,5-9H2,1H3,(H,20,23). The molecule has 3 rings (SSSR count). The molecule has 3 amide bonds. The topological polar surface area (TPSA) is 91.3 Å². The highest BCUT2D eigenvalue weighted by molar-refractivity contribution is 6.39. The number of hydrazone groups is 1. The molecule has 0 saturated carbocycles. The summed E-state index contributed by atoms with van der Waals surface area (Å²) in [6.07, 6.45) is 0.557. The number of ether oxygens (including phenoxy) is 1. The van der Waals surface area contributed by atoms with E-state index in [2.05, 4.69) is 10.5 Å². The molecule has 26 heavy (non-hydrogen) atoms. The summed E-state index contributed by atoms with van der Waals surface area (Å²) in [7, 11) is 1.36. The van der Waals surface area contributed by atoms with Gasteiger partial charge in [0.15, 0.2) is 11.6 Å². The average molecular weight is 362 g/mol. The summed E-state index contributed by atoms with van der Waals surface area (Å²) in [6.45, 7) is 1.40. The number of hydrogen-bond donors (Lipinski definition) is 1. The van der Waals surface area contributed by atoms with Crippen LogP contribution in [0.15, 0.2) is 23.3 Å². The lowest BCUT2D eigenvalue weighted by atomic mass is 10.1. The quantitative estimate of drug-likeness (QED) is 0.842. The molecule has 0 unspecified atom stereocenters. The third-order valence-electron chi connectivity index (χ3n) is 4.40. The van der Waals surface area contributed by atoms with Crippen LogP contribution in [-0.2, 0) is 9.59 Å². The Bertz CT molecular complexity index is 772. The van der Waals surface area contributed by atoms with E-state index in [1.54, 1.807) is 9.80 Å². The van der Waals surface area contributed by atoms with Crippen LogP contribution in [0.1, 0.15) is 23.2 Å². The van der Waals surface area contributed by atoms with E-state index >= 15 is 0 Å². The van der Waals surface area contributed by atoms with E-state index in [0.717, 1.165) is 6.07 Å². The largest absolute Gasteiger partial charge is 0.494 e. The molecule has 0 aliphatic carbocycles. The second kappa shape index (κ2) is 7.51. The molecule has 2 aliphatic heterocycles. The first-order valence-electron chi connectivity index (χ1n) is 8.27. The van der Waals surface area contributed by atoms with E-state index in [1.807, 2.05) is 0 Å². The lowest BCUT2D eigenvalue weighted by Gasteiger charge is -2.35. The van der Waals surface area contributed by atoms with Gasteiger partial charge in [-0.3, -0.25) is 14.4 Å². The number of halogens is 1. The second-order valence-corrected chi connectivity index (χ2v) is 6.03. The molecule has 1 saturated heterocycles. The molecule has 0 spiro atoms. The maximum absolute atomic E-state index is 13.8. The van der Waals surface area contributed by atoms with E-state index in [0.29, 0.717) is 38.3 Å². The van der Waals surface area contributed by atoms with Crippen molar-refractivity contribution >= 4 is 23.4 Å². The minimum atomic E-state index is -0.593. The van der Waals surface area contributed by atoms with Crippen LogP contribution in [0.25, 0.3) is 0 Å². The third-order valence-corrected chi connectivity index (χ3v) is 4.40. The highest BCUT2D eigenvalue weighted by atomic mass is 19.1. The number of piperazine rings is 1. The Hall–Kier alpha value is -2.97. The van der Waals surface area contributed by atoms with Crippen LogP contribution in [0.2, 0.25) is 0 Å². The molecule has 0 aromatic heterocycles. The SMILES string of the molecule is COc1ccc(C(=O)N2CCN(C(=O)C3=NNC(=O)CC3)CC2)cc1F. The Balaban J connectivity index is 1.59. The van der Waals surface area contributed by atoms with Crippen molar-refractivity contribution in [1.29, 1.82) is 0 Å². The zero-order chi connectivity index (χ0) is 18.7. The number of carbonyl (C=O) groups is 3. The minimum absolute atomic E-state index is 0.0808. The fraction of sp³-hybridized carbons (Fsp3) is 0.412. The highest BCUT2D eigenvalue weighted by Gasteiger charge is 2.28. The van der Waals surface area contributed by atoms with Gasteiger partial charge in [-0.25, -0.2) is 9.82 Å². The smallest absolute Gasteiger partial charge is 0.270 e. The van der Waals surface area contributed by atoms with Crippen molar-refractivity contribution in [2.24, 2.45) is 5.10 Å². The molecule has 8 nitrogen and oxygen atoms in total. The number of hydrogen-bond acceptors (Lipinski definition) is 5. The number of nitrogens with one attached hydrogen (secondary N) is 1. The van der Waals surface area contributed by atoms with E-state index in [9.17, 15) is 18.8 Å². The van der Waals surface area contributed by atoms with Gasteiger partial charge in [0.25, 0.3) is 11.8 Å². The molecule has 0 bridgehead atoms. The summed E-state index contributed by atoms with van der Waals surface area (Å²) < 4.78 is 18.6. The van der Waals surface area contributed by atoms with Crippen LogP contribution in [-0.4, -0.2) is 66.5 Å². The summed E-state index contributed by atoms with van der Waals surface area (Å²) in [4.78, 5) is 39.2. The molecule has 0 radical (unpaired) electrons. The third kappa shape index (κ3) is 3.66. The normalized spacial score (nSPS) is 17.5. The summed E-state index contributed by atoms with van der Waals surface area (Å²) in [6, 6.07) is 4.08. The van der Waals surface area contributed by atoms with Gasteiger partial charge in [0.2, 0.25) is 5.91 Å². The summed E-state index contributed by atoms with van der Waals surface area (Å²) in [5.74, 6) is -1.24. The highest BCUT2D eigenvalue weighted by Crippen LogP contribution is 2.19. The van der Waals surface area contributed by atoms with Gasteiger partial charge in [0.1, 0.15) is 5.71 Å². The van der Waals surface area contributed by atoms with E-state index in [-0.39, 0.29) is 35.5 Å².